The molecular formula is C13H17N5O2. The van der Waals surface area contributed by atoms with Crippen molar-refractivity contribution in [2.75, 3.05) is 6.54 Å². The number of benzene rings is 1. The van der Waals surface area contributed by atoms with Crippen molar-refractivity contribution in [1.82, 2.24) is 15.1 Å². The number of aryl methyl sites for hydroxylation is 1. The molecule has 0 bridgehead atoms. The number of nitrogens with one attached hydrogen (secondary N) is 1. The van der Waals surface area contributed by atoms with Crippen LogP contribution < -0.4 is 11.1 Å². The highest BCUT2D eigenvalue weighted by Crippen LogP contribution is 2.17. The molecule has 2 rings (SSSR count). The van der Waals surface area contributed by atoms with Crippen LogP contribution in [0, 0.1) is 5.92 Å². The van der Waals surface area contributed by atoms with Gasteiger partial charge in [0.25, 0.3) is 5.91 Å². The van der Waals surface area contributed by atoms with Crippen LogP contribution in [0.2, 0.25) is 0 Å². The van der Waals surface area contributed by atoms with Gasteiger partial charge < -0.3 is 16.3 Å². The maximum atomic E-state index is 12.2. The summed E-state index contributed by atoms with van der Waals surface area (Å²) in [6.45, 7) is 2.03. The molecule has 2 aromatic rings. The Labute approximate surface area is 116 Å². The highest BCUT2D eigenvalue weighted by molar-refractivity contribution is 6.04. The van der Waals surface area contributed by atoms with Gasteiger partial charge in [0.2, 0.25) is 0 Å². The lowest BCUT2D eigenvalue weighted by Gasteiger charge is -2.10. The zero-order chi connectivity index (χ0) is 14.7. The van der Waals surface area contributed by atoms with Crippen LogP contribution in [0.5, 0.6) is 0 Å². The monoisotopic (exact) mass is 275 g/mol. The molecule has 1 amide bonds. The third-order valence-corrected chi connectivity index (χ3v) is 3.16. The Morgan fingerprint density at radius 1 is 1.55 bits per heavy atom. The van der Waals surface area contributed by atoms with Gasteiger partial charge in [0, 0.05) is 24.9 Å². The zero-order valence-electron chi connectivity index (χ0n) is 11.4. The number of aromatic nitrogens is 2. The fourth-order valence-electron chi connectivity index (χ4n) is 1.91. The number of para-hydroxylation sites is 1. The second-order valence-electron chi connectivity index (χ2n) is 4.63. The molecular weight excluding hydrogens is 258 g/mol. The van der Waals surface area contributed by atoms with E-state index in [0.717, 1.165) is 10.9 Å². The standard InChI is InChI=1S/C13H17N5O2/c1-8(12(14)17-20)7-15-13(19)11-9-5-3-4-6-10(9)18(2)16-11/h3-6,8,20H,7H2,1-2H3,(H2,14,17)(H,15,19). The molecule has 1 atom stereocenters. The third-order valence-electron chi connectivity index (χ3n) is 3.16. The lowest BCUT2D eigenvalue weighted by molar-refractivity contribution is 0.0947. The van der Waals surface area contributed by atoms with Crippen molar-refractivity contribution in [2.45, 2.75) is 6.92 Å². The average Bonchev–Trinajstić information content (AvgIpc) is 2.81. The summed E-state index contributed by atoms with van der Waals surface area (Å²) in [5, 5.41) is 19.2. The van der Waals surface area contributed by atoms with Crippen LogP contribution in [0.1, 0.15) is 17.4 Å². The summed E-state index contributed by atoms with van der Waals surface area (Å²) in [5.74, 6) is -0.450. The summed E-state index contributed by atoms with van der Waals surface area (Å²) in [5.41, 5.74) is 6.73. The number of carbonyl (C=O) groups excluding carboxylic acids is 1. The normalized spacial score (nSPS) is 13.4. The first-order valence-electron chi connectivity index (χ1n) is 6.22. The number of rotatable bonds is 4. The molecule has 0 aliphatic heterocycles. The molecule has 7 nitrogen and oxygen atoms in total. The summed E-state index contributed by atoms with van der Waals surface area (Å²) in [6.07, 6.45) is 0. The summed E-state index contributed by atoms with van der Waals surface area (Å²) >= 11 is 0. The molecule has 20 heavy (non-hydrogen) atoms. The smallest absolute Gasteiger partial charge is 0.272 e. The van der Waals surface area contributed by atoms with Crippen molar-refractivity contribution in [3.8, 4) is 0 Å². The summed E-state index contributed by atoms with van der Waals surface area (Å²) in [6, 6.07) is 7.51. The van der Waals surface area contributed by atoms with Crippen LogP contribution in [0.3, 0.4) is 0 Å². The second-order valence-corrected chi connectivity index (χ2v) is 4.63. The number of hydrogen-bond acceptors (Lipinski definition) is 4. The van der Waals surface area contributed by atoms with Gasteiger partial charge in [-0.2, -0.15) is 5.10 Å². The lowest BCUT2D eigenvalue weighted by Crippen LogP contribution is -2.34. The van der Waals surface area contributed by atoms with Gasteiger partial charge in [-0.15, -0.1) is 0 Å². The average molecular weight is 275 g/mol. The number of nitrogens with zero attached hydrogens (tertiary/aromatic N) is 3. The predicted octanol–water partition coefficient (Wildman–Crippen LogP) is 0.686. The molecule has 0 saturated carbocycles. The molecule has 0 aliphatic rings. The van der Waals surface area contributed by atoms with Crippen molar-refractivity contribution < 1.29 is 10.0 Å². The minimum Gasteiger partial charge on any atom is -0.409 e. The van der Waals surface area contributed by atoms with Crippen LogP contribution in [0.25, 0.3) is 10.9 Å². The van der Waals surface area contributed by atoms with Crippen molar-refractivity contribution in [2.24, 2.45) is 23.9 Å². The zero-order valence-corrected chi connectivity index (χ0v) is 11.4. The van der Waals surface area contributed by atoms with Gasteiger partial charge in [-0.3, -0.25) is 9.48 Å². The molecule has 1 aromatic carbocycles. The van der Waals surface area contributed by atoms with Gasteiger partial charge in [-0.05, 0) is 6.07 Å². The molecule has 106 valence electrons. The molecule has 0 fully saturated rings. The van der Waals surface area contributed by atoms with Crippen LogP contribution in [-0.4, -0.2) is 33.3 Å². The largest absolute Gasteiger partial charge is 0.409 e. The number of hydrogen-bond donors (Lipinski definition) is 3. The number of amidine groups is 1. The first-order valence-corrected chi connectivity index (χ1v) is 6.22. The Morgan fingerprint density at radius 3 is 2.95 bits per heavy atom. The highest BCUT2D eigenvalue weighted by atomic mass is 16.4. The van der Waals surface area contributed by atoms with E-state index < -0.39 is 0 Å². The van der Waals surface area contributed by atoms with E-state index in [1.807, 2.05) is 24.3 Å². The van der Waals surface area contributed by atoms with E-state index in [4.69, 9.17) is 10.9 Å². The summed E-state index contributed by atoms with van der Waals surface area (Å²) < 4.78 is 1.66. The first kappa shape index (κ1) is 13.9. The maximum Gasteiger partial charge on any atom is 0.272 e. The number of nitrogens with two attached hydrogens (primary N) is 1. The van der Waals surface area contributed by atoms with Crippen LogP contribution >= 0.6 is 0 Å². The fraction of sp³-hybridized carbons (Fsp3) is 0.308. The molecule has 1 heterocycles. The molecule has 0 spiro atoms. The number of oxime groups is 1. The molecule has 1 unspecified atom stereocenters. The van der Waals surface area contributed by atoms with E-state index in [0.29, 0.717) is 5.69 Å². The number of carbonyl (C=O) groups is 1. The molecule has 7 heteroatoms. The van der Waals surface area contributed by atoms with Gasteiger partial charge in [-0.1, -0.05) is 30.3 Å². The van der Waals surface area contributed by atoms with Crippen LogP contribution in [0.4, 0.5) is 0 Å². The topological polar surface area (TPSA) is 106 Å². The quantitative estimate of drug-likeness (QED) is 0.330. The molecule has 0 aliphatic carbocycles. The molecule has 0 saturated heterocycles. The van der Waals surface area contributed by atoms with Gasteiger partial charge in [0.05, 0.1) is 5.52 Å². The maximum absolute atomic E-state index is 12.2. The Balaban J connectivity index is 2.16. The Morgan fingerprint density at radius 2 is 2.25 bits per heavy atom. The number of fused-ring (bicyclic) bond motifs is 1. The van der Waals surface area contributed by atoms with Crippen molar-refractivity contribution >= 4 is 22.6 Å². The highest BCUT2D eigenvalue weighted by Gasteiger charge is 2.17. The minimum absolute atomic E-state index is 0.0798. The van der Waals surface area contributed by atoms with E-state index in [2.05, 4.69) is 15.6 Å². The fourth-order valence-corrected chi connectivity index (χ4v) is 1.91. The van der Waals surface area contributed by atoms with E-state index in [1.54, 1.807) is 18.7 Å². The Hall–Kier alpha value is -2.57. The SMILES string of the molecule is CC(CNC(=O)c1nn(C)c2ccccc12)/C(N)=N/O. The number of amides is 1. The van der Waals surface area contributed by atoms with Crippen LogP contribution in [0.15, 0.2) is 29.4 Å². The van der Waals surface area contributed by atoms with Gasteiger partial charge >= 0.3 is 0 Å². The van der Waals surface area contributed by atoms with Crippen molar-refractivity contribution in [3.05, 3.63) is 30.0 Å². The molecule has 0 radical (unpaired) electrons. The van der Waals surface area contributed by atoms with E-state index in [-0.39, 0.29) is 24.2 Å². The van der Waals surface area contributed by atoms with Gasteiger partial charge in [-0.25, -0.2) is 0 Å². The van der Waals surface area contributed by atoms with E-state index >= 15 is 0 Å². The summed E-state index contributed by atoms with van der Waals surface area (Å²) in [7, 11) is 1.79. The van der Waals surface area contributed by atoms with Gasteiger partial charge in [0.15, 0.2) is 5.69 Å². The van der Waals surface area contributed by atoms with E-state index in [9.17, 15) is 4.79 Å². The Kier molecular flexibility index (Phi) is 3.88. The first-order chi connectivity index (χ1) is 9.54. The predicted molar refractivity (Wildman–Crippen MR) is 75.6 cm³/mol. The van der Waals surface area contributed by atoms with Crippen molar-refractivity contribution in [3.63, 3.8) is 0 Å². The molecule has 1 aromatic heterocycles. The second kappa shape index (κ2) is 5.60. The summed E-state index contributed by atoms with van der Waals surface area (Å²) in [4.78, 5) is 12.2. The Bertz CT molecular complexity index is 662. The third kappa shape index (κ3) is 2.56. The minimum atomic E-state index is -0.278. The molecule has 4 N–H and O–H groups in total. The van der Waals surface area contributed by atoms with Crippen molar-refractivity contribution in [1.29, 1.82) is 0 Å². The van der Waals surface area contributed by atoms with Crippen LogP contribution in [-0.2, 0) is 7.05 Å². The van der Waals surface area contributed by atoms with E-state index in [1.165, 1.54) is 0 Å². The van der Waals surface area contributed by atoms with Gasteiger partial charge in [0.1, 0.15) is 5.84 Å². The lowest BCUT2D eigenvalue weighted by atomic mass is 10.1.